The number of benzene rings is 2. The summed E-state index contributed by atoms with van der Waals surface area (Å²) >= 11 is 1.12. The molecule has 0 saturated heterocycles. The maximum Gasteiger partial charge on any atom is 0.442 e. The molecule has 2 amide bonds. The van der Waals surface area contributed by atoms with E-state index >= 15 is 0 Å². The number of hydrogen-bond donors (Lipinski definition) is 3. The fourth-order valence-corrected chi connectivity index (χ4v) is 3.50. The van der Waals surface area contributed by atoms with Crippen molar-refractivity contribution in [1.82, 2.24) is 5.27 Å². The Bertz CT molecular complexity index is 1030. The molecule has 2 aromatic carbocycles. The highest BCUT2D eigenvalue weighted by Gasteiger charge is 2.30. The van der Waals surface area contributed by atoms with Crippen molar-refractivity contribution < 1.29 is 18.8 Å². The lowest BCUT2D eigenvalue weighted by atomic mass is 10.2. The summed E-state index contributed by atoms with van der Waals surface area (Å²) in [5.41, 5.74) is 6.27. The molecule has 0 saturated carbocycles. The van der Waals surface area contributed by atoms with Crippen LogP contribution < -0.4 is 21.4 Å². The van der Waals surface area contributed by atoms with Crippen molar-refractivity contribution in [3.05, 3.63) is 70.6 Å². The molecule has 144 valence electrons. The molecule has 0 aliphatic rings. The first-order valence-electron chi connectivity index (χ1n) is 8.56. The van der Waals surface area contributed by atoms with Crippen molar-refractivity contribution in [3.8, 4) is 5.69 Å². The van der Waals surface area contributed by atoms with Gasteiger partial charge in [-0.15, -0.1) is 0 Å². The van der Waals surface area contributed by atoms with Crippen LogP contribution in [0.15, 0.2) is 68.9 Å². The molecule has 0 aliphatic carbocycles. The zero-order valence-electron chi connectivity index (χ0n) is 15.0. The van der Waals surface area contributed by atoms with Crippen molar-refractivity contribution in [1.29, 1.82) is 0 Å². The van der Waals surface area contributed by atoms with Crippen molar-refractivity contribution in [2.45, 2.75) is 23.6 Å². The second-order valence-corrected chi connectivity index (χ2v) is 7.09. The molecular weight excluding hydrogens is 380 g/mol. The number of aromatic amines is 1. The molecule has 9 heteroatoms. The van der Waals surface area contributed by atoms with Crippen molar-refractivity contribution >= 4 is 29.3 Å². The Morgan fingerprint density at radius 2 is 1.86 bits per heavy atom. The van der Waals surface area contributed by atoms with Gasteiger partial charge in [0.1, 0.15) is 0 Å². The smallest absolute Gasteiger partial charge is 0.366 e. The fourth-order valence-electron chi connectivity index (χ4n) is 2.51. The maximum atomic E-state index is 12.7. The summed E-state index contributed by atoms with van der Waals surface area (Å²) in [5.74, 6) is -0.802. The van der Waals surface area contributed by atoms with E-state index in [0.29, 0.717) is 23.4 Å². The largest absolute Gasteiger partial charge is 0.442 e. The zero-order chi connectivity index (χ0) is 20.1. The molecule has 1 unspecified atom stereocenters. The number of thioether (sulfide) groups is 1. The lowest BCUT2D eigenvalue weighted by Gasteiger charge is -2.12. The van der Waals surface area contributed by atoms with E-state index in [2.05, 4.69) is 10.6 Å². The molecule has 0 radical (unpaired) electrons. The molecule has 1 atom stereocenters. The van der Waals surface area contributed by atoms with Gasteiger partial charge in [-0.1, -0.05) is 25.1 Å². The number of rotatable bonds is 7. The summed E-state index contributed by atoms with van der Waals surface area (Å²) in [4.78, 5) is 35.9. The zero-order valence-corrected chi connectivity index (χ0v) is 15.9. The molecule has 0 spiro atoms. The highest BCUT2D eigenvalue weighted by Crippen LogP contribution is 2.22. The first kappa shape index (κ1) is 19.4. The normalized spacial score (nSPS) is 11.8. The van der Waals surface area contributed by atoms with E-state index in [4.69, 9.17) is 10.3 Å². The van der Waals surface area contributed by atoms with Gasteiger partial charge in [-0.3, -0.25) is 14.1 Å². The first-order valence-corrected chi connectivity index (χ1v) is 9.44. The van der Waals surface area contributed by atoms with Crippen LogP contribution in [0.3, 0.4) is 0 Å². The van der Waals surface area contributed by atoms with E-state index in [1.54, 1.807) is 12.1 Å². The van der Waals surface area contributed by atoms with Crippen molar-refractivity contribution in [2.75, 3.05) is 5.32 Å². The third kappa shape index (κ3) is 4.32. The van der Waals surface area contributed by atoms with Gasteiger partial charge in [-0.25, -0.2) is 4.79 Å². The fraction of sp³-hybridized carbons (Fsp3) is 0.158. The van der Waals surface area contributed by atoms with Crippen LogP contribution in [0.4, 0.5) is 5.69 Å². The van der Waals surface area contributed by atoms with Gasteiger partial charge < -0.3 is 11.1 Å². The average molecular weight is 399 g/mol. The van der Waals surface area contributed by atoms with Gasteiger partial charge in [0.05, 0.1) is 5.25 Å². The Morgan fingerprint density at radius 1 is 1.18 bits per heavy atom. The Kier molecular flexibility index (Phi) is 5.95. The van der Waals surface area contributed by atoms with Crippen molar-refractivity contribution in [2.24, 2.45) is 5.73 Å². The first-order chi connectivity index (χ1) is 13.5. The molecule has 0 bridgehead atoms. The molecule has 0 aliphatic heterocycles. The van der Waals surface area contributed by atoms with Gasteiger partial charge in [0, 0.05) is 23.4 Å². The monoisotopic (exact) mass is 399 g/mol. The summed E-state index contributed by atoms with van der Waals surface area (Å²) in [6.45, 7) is 1.86. The quantitative estimate of drug-likeness (QED) is 0.413. The van der Waals surface area contributed by atoms with Crippen LogP contribution in [0.5, 0.6) is 0 Å². The lowest BCUT2D eigenvalue weighted by Crippen LogP contribution is -2.37. The van der Waals surface area contributed by atoms with Crippen LogP contribution in [-0.2, 0) is 4.79 Å². The Morgan fingerprint density at radius 3 is 2.46 bits per heavy atom. The predicted molar refractivity (Wildman–Crippen MR) is 104 cm³/mol. The Labute approximate surface area is 164 Å². The van der Waals surface area contributed by atoms with Crippen LogP contribution in [0.2, 0.25) is 0 Å². The van der Waals surface area contributed by atoms with Crippen LogP contribution in [0.25, 0.3) is 5.69 Å². The standard InChI is InChI=1S/C19H18N4O4S/c1-2-15(17(25)21-13-10-8-12(9-11-13)16(20)24)28-18-19(26)27-22-23(18)14-6-4-3-5-7-14/h3-11,15H,2H2,1H3,(H3-,20,21,22,24,25,26)/p+1. The van der Waals surface area contributed by atoms with Crippen LogP contribution >= 0.6 is 11.8 Å². The van der Waals surface area contributed by atoms with E-state index < -0.39 is 16.8 Å². The second-order valence-electron chi connectivity index (χ2n) is 5.90. The van der Waals surface area contributed by atoms with Gasteiger partial charge in [-0.2, -0.15) is 0 Å². The minimum atomic E-state index is -0.550. The number of aromatic nitrogens is 2. The Balaban J connectivity index is 1.77. The minimum absolute atomic E-state index is 0.264. The number of hydrogen-bond acceptors (Lipinski definition) is 5. The average Bonchev–Trinajstić information content (AvgIpc) is 3.07. The van der Waals surface area contributed by atoms with Crippen LogP contribution in [0.1, 0.15) is 23.7 Å². The topological polar surface area (TPSA) is 122 Å². The number of anilines is 1. The highest BCUT2D eigenvalue weighted by molar-refractivity contribution is 8.00. The van der Waals surface area contributed by atoms with E-state index in [-0.39, 0.29) is 10.9 Å². The summed E-state index contributed by atoms with van der Waals surface area (Å²) in [6.07, 6.45) is 0.495. The third-order valence-corrected chi connectivity index (χ3v) is 5.38. The number of primary amides is 1. The summed E-state index contributed by atoms with van der Waals surface area (Å²) in [5, 5.41) is 5.10. The number of para-hydroxylation sites is 1. The van der Waals surface area contributed by atoms with E-state index in [1.807, 2.05) is 37.3 Å². The second kappa shape index (κ2) is 8.57. The summed E-state index contributed by atoms with van der Waals surface area (Å²) < 4.78 is 6.42. The molecule has 3 aromatic rings. The number of nitrogens with two attached hydrogens (primary N) is 1. The number of nitrogens with zero attached hydrogens (tertiary/aromatic N) is 1. The SMILES string of the molecule is CCC(Sc1c(=O)o[nH][n+]1-c1ccccc1)C(=O)Nc1ccc(C(N)=O)cc1. The third-order valence-electron chi connectivity index (χ3n) is 3.98. The van der Waals surface area contributed by atoms with E-state index in [9.17, 15) is 14.4 Å². The van der Waals surface area contributed by atoms with Crippen LogP contribution in [-0.4, -0.2) is 22.3 Å². The molecule has 8 nitrogen and oxygen atoms in total. The van der Waals surface area contributed by atoms with Gasteiger partial charge in [0.15, 0.2) is 0 Å². The number of carbonyl (C=O) groups is 2. The number of nitrogens with one attached hydrogen (secondary N) is 2. The van der Waals surface area contributed by atoms with Crippen molar-refractivity contribution in [3.63, 3.8) is 0 Å². The minimum Gasteiger partial charge on any atom is -0.366 e. The predicted octanol–water partition coefficient (Wildman–Crippen LogP) is 1.85. The van der Waals surface area contributed by atoms with Crippen LogP contribution in [0, 0.1) is 0 Å². The lowest BCUT2D eigenvalue weighted by molar-refractivity contribution is -0.704. The van der Waals surface area contributed by atoms with Gasteiger partial charge in [-0.05, 0) is 52.4 Å². The molecule has 1 aromatic heterocycles. The maximum absolute atomic E-state index is 12.7. The summed E-state index contributed by atoms with van der Waals surface area (Å²) in [6, 6.07) is 15.4. The Hall–Kier alpha value is -3.33. The van der Waals surface area contributed by atoms with E-state index in [1.165, 1.54) is 16.8 Å². The number of carbonyl (C=O) groups excluding carboxylic acids is 2. The number of H-pyrrole nitrogens is 1. The molecular formula is C19H19N4O4S+. The molecule has 28 heavy (non-hydrogen) atoms. The highest BCUT2D eigenvalue weighted by atomic mass is 32.2. The molecule has 0 fully saturated rings. The molecule has 4 N–H and O–H groups in total. The van der Waals surface area contributed by atoms with Gasteiger partial charge in [0.25, 0.3) is 0 Å². The summed E-state index contributed by atoms with van der Waals surface area (Å²) in [7, 11) is 0. The molecule has 3 rings (SSSR count). The molecule has 1 heterocycles. The van der Waals surface area contributed by atoms with Gasteiger partial charge >= 0.3 is 10.7 Å². The van der Waals surface area contributed by atoms with Gasteiger partial charge in [0.2, 0.25) is 17.5 Å². The van der Waals surface area contributed by atoms with E-state index in [0.717, 1.165) is 11.8 Å². The number of amides is 2.